The molecule has 0 fully saturated rings. The van der Waals surface area contributed by atoms with Gasteiger partial charge >= 0.3 is 0 Å². The van der Waals surface area contributed by atoms with Gasteiger partial charge in [0.05, 0.1) is 7.11 Å². The van der Waals surface area contributed by atoms with E-state index in [1.807, 2.05) is 6.07 Å². The molecule has 4 nitrogen and oxygen atoms in total. The van der Waals surface area contributed by atoms with E-state index in [0.29, 0.717) is 5.88 Å². The van der Waals surface area contributed by atoms with Crippen molar-refractivity contribution in [1.82, 2.24) is 9.97 Å². The Kier molecular flexibility index (Phi) is 3.96. The van der Waals surface area contributed by atoms with E-state index in [4.69, 9.17) is 4.74 Å². The average molecular weight is 237 g/mol. The average Bonchev–Trinajstić information content (AvgIpc) is 2.13. The van der Waals surface area contributed by atoms with Crippen LogP contribution in [-0.2, 0) is 0 Å². The number of hydrogen-bond acceptors (Lipinski definition) is 4. The normalized spacial score (nSPS) is 12.4. The maximum Gasteiger partial charge on any atom is 0.218 e. The molecule has 1 N–H and O–H groups in total. The largest absolute Gasteiger partial charge is 0.481 e. The monoisotopic (exact) mass is 237 g/mol. The van der Waals surface area contributed by atoms with Gasteiger partial charge in [-0.1, -0.05) is 20.8 Å². The Hall–Kier alpha value is -1.32. The van der Waals surface area contributed by atoms with Crippen molar-refractivity contribution in [2.45, 2.75) is 46.6 Å². The summed E-state index contributed by atoms with van der Waals surface area (Å²) < 4.78 is 5.08. The minimum Gasteiger partial charge on any atom is -0.481 e. The van der Waals surface area contributed by atoms with E-state index < -0.39 is 0 Å². The van der Waals surface area contributed by atoms with Crippen molar-refractivity contribution in [3.05, 3.63) is 12.4 Å². The molecule has 0 aliphatic heterocycles. The molecule has 0 unspecified atom stereocenters. The van der Waals surface area contributed by atoms with Crippen LogP contribution in [0.15, 0.2) is 12.4 Å². The molecular weight excluding hydrogens is 214 g/mol. The van der Waals surface area contributed by atoms with Crippen LogP contribution in [0.25, 0.3) is 0 Å². The highest BCUT2D eigenvalue weighted by Gasteiger charge is 2.25. The molecule has 0 aliphatic rings. The van der Waals surface area contributed by atoms with Crippen LogP contribution in [0.3, 0.4) is 0 Å². The van der Waals surface area contributed by atoms with Gasteiger partial charge in [0.25, 0.3) is 0 Å². The van der Waals surface area contributed by atoms with E-state index in [1.54, 1.807) is 7.11 Å². The maximum absolute atomic E-state index is 5.08. The maximum atomic E-state index is 5.08. The molecule has 17 heavy (non-hydrogen) atoms. The number of rotatable bonds is 4. The molecule has 0 amide bonds. The molecule has 0 aliphatic carbocycles. The van der Waals surface area contributed by atoms with Crippen LogP contribution in [0.5, 0.6) is 5.88 Å². The van der Waals surface area contributed by atoms with Gasteiger partial charge in [-0.2, -0.15) is 0 Å². The number of nitrogens with one attached hydrogen (secondary N) is 1. The first kappa shape index (κ1) is 13.7. The van der Waals surface area contributed by atoms with Crippen molar-refractivity contribution in [2.75, 3.05) is 12.4 Å². The summed E-state index contributed by atoms with van der Waals surface area (Å²) >= 11 is 0. The van der Waals surface area contributed by atoms with Crippen molar-refractivity contribution >= 4 is 5.82 Å². The second-order valence-corrected chi connectivity index (χ2v) is 6.19. The summed E-state index contributed by atoms with van der Waals surface area (Å²) in [4.78, 5) is 8.19. The Labute approximate surface area is 104 Å². The van der Waals surface area contributed by atoms with Crippen molar-refractivity contribution in [2.24, 2.45) is 5.41 Å². The van der Waals surface area contributed by atoms with Crippen molar-refractivity contribution in [3.63, 3.8) is 0 Å². The number of aromatic nitrogens is 2. The van der Waals surface area contributed by atoms with Gasteiger partial charge in [0.15, 0.2) is 0 Å². The first-order valence-electron chi connectivity index (χ1n) is 5.86. The fraction of sp³-hybridized carbons (Fsp3) is 0.692. The third-order valence-corrected chi connectivity index (χ3v) is 2.29. The summed E-state index contributed by atoms with van der Waals surface area (Å²) in [6.45, 7) is 11.0. The van der Waals surface area contributed by atoms with E-state index >= 15 is 0 Å². The molecule has 0 aromatic carbocycles. The highest BCUT2D eigenvalue weighted by molar-refractivity contribution is 5.39. The SMILES string of the molecule is COc1cc(NC(C)(C)CC(C)(C)C)ncn1. The van der Waals surface area contributed by atoms with Gasteiger partial charge in [-0.25, -0.2) is 9.97 Å². The van der Waals surface area contributed by atoms with Crippen molar-refractivity contribution in [1.29, 1.82) is 0 Å². The van der Waals surface area contributed by atoms with Crippen LogP contribution in [0.1, 0.15) is 41.0 Å². The molecule has 0 bridgehead atoms. The third-order valence-electron chi connectivity index (χ3n) is 2.29. The zero-order valence-corrected chi connectivity index (χ0v) is 11.7. The highest BCUT2D eigenvalue weighted by atomic mass is 16.5. The molecule has 0 radical (unpaired) electrons. The highest BCUT2D eigenvalue weighted by Crippen LogP contribution is 2.29. The predicted molar refractivity (Wildman–Crippen MR) is 70.4 cm³/mol. The van der Waals surface area contributed by atoms with Crippen LogP contribution < -0.4 is 10.1 Å². The number of nitrogens with zero attached hydrogens (tertiary/aromatic N) is 2. The standard InChI is InChI=1S/C13H23N3O/c1-12(2,3)8-13(4,5)16-10-7-11(17-6)15-9-14-10/h7,9H,8H2,1-6H3,(H,14,15,16). The summed E-state index contributed by atoms with van der Waals surface area (Å²) in [6.07, 6.45) is 2.56. The van der Waals surface area contributed by atoms with Crippen LogP contribution >= 0.6 is 0 Å². The van der Waals surface area contributed by atoms with Gasteiger partial charge in [0.1, 0.15) is 12.1 Å². The Morgan fingerprint density at radius 1 is 1.18 bits per heavy atom. The molecule has 0 atom stereocenters. The smallest absolute Gasteiger partial charge is 0.218 e. The van der Waals surface area contributed by atoms with Crippen molar-refractivity contribution in [3.8, 4) is 5.88 Å². The van der Waals surface area contributed by atoms with Crippen molar-refractivity contribution < 1.29 is 4.74 Å². The lowest BCUT2D eigenvalue weighted by molar-refractivity contribution is 0.302. The molecule has 1 aromatic rings. The van der Waals surface area contributed by atoms with Crippen LogP contribution in [-0.4, -0.2) is 22.6 Å². The Morgan fingerprint density at radius 3 is 2.35 bits per heavy atom. The minimum atomic E-state index is -0.0163. The van der Waals surface area contributed by atoms with E-state index in [-0.39, 0.29) is 11.0 Å². The zero-order chi connectivity index (χ0) is 13.1. The van der Waals surface area contributed by atoms with E-state index in [2.05, 4.69) is 49.9 Å². The van der Waals surface area contributed by atoms with Crippen LogP contribution in [0.2, 0.25) is 0 Å². The molecule has 1 rings (SSSR count). The van der Waals surface area contributed by atoms with E-state index in [9.17, 15) is 0 Å². The first-order chi connectivity index (χ1) is 7.72. The quantitative estimate of drug-likeness (QED) is 0.874. The summed E-state index contributed by atoms with van der Waals surface area (Å²) in [7, 11) is 1.60. The molecule has 0 saturated heterocycles. The second kappa shape index (κ2) is 4.90. The molecule has 96 valence electrons. The lowest BCUT2D eigenvalue weighted by atomic mass is 9.82. The van der Waals surface area contributed by atoms with E-state index in [1.165, 1.54) is 6.33 Å². The minimum absolute atomic E-state index is 0.0163. The van der Waals surface area contributed by atoms with Gasteiger partial charge < -0.3 is 10.1 Å². The fourth-order valence-corrected chi connectivity index (χ4v) is 2.24. The topological polar surface area (TPSA) is 47.0 Å². The van der Waals surface area contributed by atoms with Gasteiger partial charge in [-0.3, -0.25) is 0 Å². The number of hydrogen-bond donors (Lipinski definition) is 1. The Bertz CT molecular complexity index is 369. The first-order valence-corrected chi connectivity index (χ1v) is 5.86. The number of ether oxygens (including phenoxy) is 1. The summed E-state index contributed by atoms with van der Waals surface area (Å²) in [6, 6.07) is 1.81. The predicted octanol–water partition coefficient (Wildman–Crippen LogP) is 3.11. The second-order valence-electron chi connectivity index (χ2n) is 6.19. The number of anilines is 1. The molecule has 4 heteroatoms. The van der Waals surface area contributed by atoms with Crippen LogP contribution in [0, 0.1) is 5.41 Å². The third kappa shape index (κ3) is 5.02. The zero-order valence-electron chi connectivity index (χ0n) is 11.7. The molecule has 1 heterocycles. The van der Waals surface area contributed by atoms with Crippen LogP contribution in [0.4, 0.5) is 5.82 Å². The van der Waals surface area contributed by atoms with E-state index in [0.717, 1.165) is 12.2 Å². The molecule has 1 aromatic heterocycles. The van der Waals surface area contributed by atoms with Gasteiger partial charge in [0, 0.05) is 11.6 Å². The van der Waals surface area contributed by atoms with Gasteiger partial charge in [-0.15, -0.1) is 0 Å². The molecular formula is C13H23N3O. The Morgan fingerprint density at radius 2 is 1.82 bits per heavy atom. The lowest BCUT2D eigenvalue weighted by Crippen LogP contribution is -2.35. The Balaban J connectivity index is 2.75. The fourth-order valence-electron chi connectivity index (χ4n) is 2.24. The summed E-state index contributed by atoms with van der Waals surface area (Å²) in [5.41, 5.74) is 0.255. The summed E-state index contributed by atoms with van der Waals surface area (Å²) in [5, 5.41) is 3.42. The molecule has 0 spiro atoms. The van der Waals surface area contributed by atoms with Gasteiger partial charge in [0.2, 0.25) is 5.88 Å². The molecule has 0 saturated carbocycles. The lowest BCUT2D eigenvalue weighted by Gasteiger charge is -2.33. The number of methoxy groups -OCH3 is 1. The summed E-state index contributed by atoms with van der Waals surface area (Å²) in [5.74, 6) is 1.38. The van der Waals surface area contributed by atoms with Gasteiger partial charge in [-0.05, 0) is 25.7 Å².